The van der Waals surface area contributed by atoms with Gasteiger partial charge in [-0.15, -0.1) is 29.3 Å². The second-order valence-electron chi connectivity index (χ2n) is 20.7. The van der Waals surface area contributed by atoms with Crippen LogP contribution in [0.5, 0.6) is 5.75 Å². The van der Waals surface area contributed by atoms with Crippen LogP contribution in [-0.2, 0) is 42.7 Å². The number of para-hydroxylation sites is 1. The van der Waals surface area contributed by atoms with Gasteiger partial charge in [0.1, 0.15) is 11.6 Å². The minimum atomic E-state index is -3.39. The molecule has 8 rings (SSSR count). The third-order valence-electron chi connectivity index (χ3n) is 12.3. The molecule has 66 heavy (non-hydrogen) atoms. The maximum Gasteiger partial charge on any atom is 0.148 e. The zero-order chi connectivity index (χ0) is 57.0. The molecule has 0 aliphatic carbocycles. The number of imidazole rings is 1. The molecule has 0 spiro atoms. The summed E-state index contributed by atoms with van der Waals surface area (Å²) in [4.78, 5) is 10.1. The van der Waals surface area contributed by atoms with E-state index in [-0.39, 0.29) is 54.2 Å². The summed E-state index contributed by atoms with van der Waals surface area (Å²) in [6, 6.07) is 38.4. The van der Waals surface area contributed by atoms with E-state index >= 15 is 0 Å². The van der Waals surface area contributed by atoms with E-state index in [4.69, 9.17) is 26.4 Å². The molecule has 5 heteroatoms. The molecule has 0 unspecified atom stereocenters. The minimum absolute atomic E-state index is 0. The summed E-state index contributed by atoms with van der Waals surface area (Å²) in [5, 5.41) is 11.9. The molecule has 0 bridgehead atoms. The maximum absolute atomic E-state index is 11.9. The van der Waals surface area contributed by atoms with E-state index in [0.29, 0.717) is 67.2 Å². The fourth-order valence-corrected chi connectivity index (χ4v) is 8.40. The van der Waals surface area contributed by atoms with Crippen LogP contribution in [0.25, 0.3) is 72.7 Å². The van der Waals surface area contributed by atoms with Gasteiger partial charge in [-0.1, -0.05) is 167 Å². The van der Waals surface area contributed by atoms with Crippen molar-refractivity contribution < 1.29 is 42.6 Å². The Morgan fingerprint density at radius 2 is 1.18 bits per heavy atom. The van der Waals surface area contributed by atoms with Gasteiger partial charge in [0.2, 0.25) is 0 Å². The molecular weight excluding hydrogens is 986 g/mol. The summed E-state index contributed by atoms with van der Waals surface area (Å²) in [7, 11) is 0. The van der Waals surface area contributed by atoms with Crippen molar-refractivity contribution in [1.29, 1.82) is 0 Å². The molecule has 4 nitrogen and oxygen atoms in total. The Morgan fingerprint density at radius 1 is 0.561 bits per heavy atom. The fourth-order valence-electron chi connectivity index (χ4n) is 8.40. The van der Waals surface area contributed by atoms with Crippen LogP contribution in [0.1, 0.15) is 138 Å². The average molecular weight is 1060 g/mol. The van der Waals surface area contributed by atoms with Gasteiger partial charge in [-0.05, 0) is 128 Å². The predicted molar refractivity (Wildman–Crippen MR) is 276 cm³/mol. The molecular formula is C61H66N3OPt-. The Labute approximate surface area is 425 Å². The molecule has 0 atom stereocenters. The molecule has 0 saturated heterocycles. The molecule has 8 aromatic rings. The van der Waals surface area contributed by atoms with Crippen LogP contribution in [0.4, 0.5) is 0 Å². The van der Waals surface area contributed by atoms with Crippen LogP contribution >= 0.6 is 0 Å². The van der Waals surface area contributed by atoms with Gasteiger partial charge < -0.3 is 5.11 Å². The first-order chi connectivity index (χ1) is 35.3. The van der Waals surface area contributed by atoms with Gasteiger partial charge in [-0.2, -0.15) is 0 Å². The maximum atomic E-state index is 11.9. The molecule has 0 radical (unpaired) electrons. The van der Waals surface area contributed by atoms with E-state index < -0.39 is 32.8 Å². The van der Waals surface area contributed by atoms with E-state index in [1.54, 1.807) is 18.3 Å². The average Bonchev–Trinajstić information content (AvgIpc) is 3.70. The summed E-state index contributed by atoms with van der Waals surface area (Å²) in [6.45, 7) is 10.3. The second kappa shape index (κ2) is 17.6. The molecule has 0 aliphatic rings. The number of hydrogen-bond donors (Lipinski definition) is 1. The topological polar surface area (TPSA) is 50.9 Å². The summed E-state index contributed by atoms with van der Waals surface area (Å²) in [6.07, 6.45) is 1.62. The van der Waals surface area contributed by atoms with Crippen LogP contribution in [-0.4, -0.2) is 19.6 Å². The number of hydrogen-bond acceptors (Lipinski definition) is 3. The van der Waals surface area contributed by atoms with Crippen LogP contribution in [0.3, 0.4) is 0 Å². The van der Waals surface area contributed by atoms with Crippen LogP contribution in [0, 0.1) is 26.8 Å². The number of rotatable bonds is 6. The minimum Gasteiger partial charge on any atom is -0.507 e. The van der Waals surface area contributed by atoms with Gasteiger partial charge >= 0.3 is 0 Å². The molecule has 1 N–H and O–H groups in total. The molecule has 0 amide bonds. The first-order valence-corrected chi connectivity index (χ1v) is 22.1. The van der Waals surface area contributed by atoms with Crippen molar-refractivity contribution in [2.24, 2.45) is 0 Å². The summed E-state index contributed by atoms with van der Waals surface area (Å²) >= 11 is 0. The third kappa shape index (κ3) is 9.63. The zero-order valence-electron chi connectivity index (χ0n) is 51.7. The van der Waals surface area contributed by atoms with E-state index in [1.807, 2.05) is 73.0 Å². The first kappa shape index (κ1) is 34.7. The monoisotopic (exact) mass is 1060 g/mol. The molecule has 0 fully saturated rings. The van der Waals surface area contributed by atoms with E-state index in [9.17, 15) is 5.11 Å². The normalized spacial score (nSPS) is 15.9. The standard InChI is InChI=1S/C61H66N3O.Pt/c1-37-27-39(3)56(65)51(28-37)57-63-55-50(44-30-45(34-47(33-44)59(7,8)9)52-35-42(25-26-62-52)40-19-22-46(23-20-40)58(4,5)6)17-16-18-54(55)64(57)53-24-21-41(29-38(53)2)43-31-48(60(10,11)12)36-49(32-43)61(13,14)15;/h16-29,31-36,65H,1-15H3;/q-1;/i2D3,4D3,5D3,6D3;. The quantitative estimate of drug-likeness (QED) is 0.169. The SMILES string of the molecule is [2H]C([2H])([2H])c1cc(-c2cc(C(C)(C)C)cc(C(C)(C)C)c2)ccc1-n1c(-c2cc(C)cc(C)c2O)nc2c(-c3[c-]c(-c4cc(-c5ccc(C(C([2H])([2H])[2H])(C([2H])([2H])[2H])C([2H])([2H])[2H])cc5)ccn4)cc(C(C)(C)C)c3)cccc21.[Pt]. The zero-order valence-corrected chi connectivity index (χ0v) is 41.9. The number of fused-ring (bicyclic) bond motifs is 1. The van der Waals surface area contributed by atoms with Crippen LogP contribution in [0.2, 0.25) is 0 Å². The Morgan fingerprint density at radius 3 is 1.82 bits per heavy atom. The Bertz CT molecular complexity index is 3500. The molecule has 2 heterocycles. The number of nitrogens with zero attached hydrogens (tertiary/aromatic N) is 3. The van der Waals surface area contributed by atoms with Crippen molar-refractivity contribution in [2.45, 2.75) is 125 Å². The molecule has 0 saturated carbocycles. The summed E-state index contributed by atoms with van der Waals surface area (Å²) in [5.74, 6) is 0.367. The van der Waals surface area contributed by atoms with Gasteiger partial charge in [-0.25, -0.2) is 4.98 Å². The van der Waals surface area contributed by atoms with Crippen molar-refractivity contribution >= 4 is 11.0 Å². The Balaban J connectivity index is 0.00000882. The summed E-state index contributed by atoms with van der Waals surface area (Å²) < 4.78 is 103. The van der Waals surface area contributed by atoms with Crippen molar-refractivity contribution in [3.05, 3.63) is 166 Å². The third-order valence-corrected chi connectivity index (χ3v) is 12.3. The van der Waals surface area contributed by atoms with E-state index in [0.717, 1.165) is 33.4 Å². The molecule has 6 aromatic carbocycles. The number of aromatic hydroxyl groups is 1. The molecule has 0 aliphatic heterocycles. The smallest absolute Gasteiger partial charge is 0.148 e. The largest absolute Gasteiger partial charge is 0.507 e. The number of aryl methyl sites for hydroxylation is 3. The van der Waals surface area contributed by atoms with Gasteiger partial charge in [0.15, 0.2) is 0 Å². The van der Waals surface area contributed by atoms with Gasteiger partial charge in [0.05, 0.1) is 22.3 Å². The van der Waals surface area contributed by atoms with Gasteiger partial charge in [0, 0.05) is 49.4 Å². The second-order valence-corrected chi connectivity index (χ2v) is 20.7. The molecule has 2 aromatic heterocycles. The number of phenolic OH excluding ortho intramolecular Hbond substituents is 1. The number of pyridine rings is 1. The van der Waals surface area contributed by atoms with Crippen molar-refractivity contribution in [3.8, 4) is 67.5 Å². The number of phenols is 1. The van der Waals surface area contributed by atoms with Gasteiger partial charge in [-0.3, -0.25) is 9.55 Å². The van der Waals surface area contributed by atoms with Crippen molar-refractivity contribution in [1.82, 2.24) is 14.5 Å². The van der Waals surface area contributed by atoms with Crippen LogP contribution in [0.15, 0.2) is 121 Å². The summed E-state index contributed by atoms with van der Waals surface area (Å²) in [5.41, 5.74) is 7.98. The molecule has 342 valence electrons. The first-order valence-electron chi connectivity index (χ1n) is 28.1. The number of aromatic nitrogens is 3. The van der Waals surface area contributed by atoms with E-state index in [2.05, 4.69) is 92.6 Å². The van der Waals surface area contributed by atoms with Crippen molar-refractivity contribution in [3.63, 3.8) is 0 Å². The van der Waals surface area contributed by atoms with E-state index in [1.165, 1.54) is 24.3 Å². The predicted octanol–water partition coefficient (Wildman–Crippen LogP) is 16.4. The fraction of sp³-hybridized carbons (Fsp3) is 0.311. The number of benzene rings is 6. The Hall–Kier alpha value is -5.57. The van der Waals surface area contributed by atoms with Crippen molar-refractivity contribution in [2.75, 3.05) is 0 Å². The van der Waals surface area contributed by atoms with Crippen LogP contribution < -0.4 is 0 Å². The van der Waals surface area contributed by atoms with Gasteiger partial charge in [0.25, 0.3) is 0 Å². The Kier molecular flexibility index (Phi) is 9.24.